The van der Waals surface area contributed by atoms with E-state index in [-0.39, 0.29) is 22.9 Å². The minimum Gasteiger partial charge on any atom is -0.405 e. The Morgan fingerprint density at radius 1 is 1.00 bits per heavy atom. The van der Waals surface area contributed by atoms with Crippen LogP contribution in [0.15, 0.2) is 60.7 Å². The third-order valence-corrected chi connectivity index (χ3v) is 12.5. The van der Waals surface area contributed by atoms with Crippen LogP contribution in [0.25, 0.3) is 0 Å². The summed E-state index contributed by atoms with van der Waals surface area (Å²) >= 11 is 0. The number of rotatable bonds is 8. The van der Waals surface area contributed by atoms with Gasteiger partial charge in [-0.15, -0.1) is 0 Å². The zero-order valence-electron chi connectivity index (χ0n) is 19.0. The predicted octanol–water partition coefficient (Wildman–Crippen LogP) is 3.05. The lowest BCUT2D eigenvalue weighted by Crippen LogP contribution is -2.67. The van der Waals surface area contributed by atoms with Crippen molar-refractivity contribution >= 4 is 28.7 Å². The molecule has 0 spiro atoms. The van der Waals surface area contributed by atoms with Gasteiger partial charge >= 0.3 is 0 Å². The molecule has 1 N–H and O–H groups in total. The molecule has 1 heterocycles. The zero-order chi connectivity index (χ0) is 22.5. The first kappa shape index (κ1) is 24.1. The minimum absolute atomic E-state index is 0.0379. The van der Waals surface area contributed by atoms with Gasteiger partial charge in [0.1, 0.15) is 0 Å². The molecular weight excluding hydrogens is 426 g/mol. The molecule has 3 rings (SSSR count). The van der Waals surface area contributed by atoms with Crippen LogP contribution in [0.3, 0.4) is 0 Å². The fourth-order valence-electron chi connectivity index (χ4n) is 4.35. The van der Waals surface area contributed by atoms with Gasteiger partial charge in [-0.05, 0) is 35.2 Å². The quantitative estimate of drug-likeness (QED) is 0.614. The van der Waals surface area contributed by atoms with Crippen LogP contribution in [0.2, 0.25) is 5.04 Å². The van der Waals surface area contributed by atoms with Crippen molar-refractivity contribution in [2.45, 2.75) is 57.7 Å². The van der Waals surface area contributed by atoms with E-state index in [4.69, 9.17) is 9.16 Å². The molecule has 0 unspecified atom stereocenters. The van der Waals surface area contributed by atoms with Gasteiger partial charge in [-0.3, -0.25) is 0 Å². The second kappa shape index (κ2) is 9.96. The maximum Gasteiger partial charge on any atom is 0.261 e. The maximum atomic E-state index is 11.8. The lowest BCUT2D eigenvalue weighted by Gasteiger charge is -2.44. The van der Waals surface area contributed by atoms with E-state index < -0.39 is 18.3 Å². The number of ether oxygens (including phenoxy) is 1. The molecule has 7 heteroatoms. The average molecular weight is 462 g/mol. The Kier molecular flexibility index (Phi) is 7.75. The number of benzene rings is 2. The second-order valence-electron chi connectivity index (χ2n) is 9.23. The van der Waals surface area contributed by atoms with Crippen molar-refractivity contribution in [1.82, 2.24) is 4.72 Å². The van der Waals surface area contributed by atoms with Gasteiger partial charge in [-0.25, -0.2) is 13.1 Å². The molecule has 0 aliphatic carbocycles. The first-order valence-corrected chi connectivity index (χ1v) is 14.6. The van der Waals surface area contributed by atoms with E-state index >= 15 is 0 Å². The van der Waals surface area contributed by atoms with Gasteiger partial charge in [0.15, 0.2) is 0 Å². The molecule has 0 saturated carbocycles. The van der Waals surface area contributed by atoms with E-state index in [1.807, 2.05) is 12.1 Å². The van der Waals surface area contributed by atoms with E-state index in [1.165, 1.54) is 10.4 Å². The summed E-state index contributed by atoms with van der Waals surface area (Å²) in [4.78, 5) is 0. The van der Waals surface area contributed by atoms with Crippen LogP contribution in [0.4, 0.5) is 0 Å². The molecule has 31 heavy (non-hydrogen) atoms. The van der Waals surface area contributed by atoms with E-state index in [1.54, 1.807) is 6.92 Å². The van der Waals surface area contributed by atoms with E-state index in [0.29, 0.717) is 13.2 Å². The summed E-state index contributed by atoms with van der Waals surface area (Å²) in [5.74, 6) is 0.0872. The maximum absolute atomic E-state index is 11.8. The lowest BCUT2D eigenvalue weighted by molar-refractivity contribution is -0.0243. The van der Waals surface area contributed by atoms with E-state index in [0.717, 1.165) is 12.8 Å². The van der Waals surface area contributed by atoms with Crippen LogP contribution < -0.4 is 15.1 Å². The topological polar surface area (TPSA) is 64.6 Å². The van der Waals surface area contributed by atoms with Crippen molar-refractivity contribution in [2.24, 2.45) is 0 Å². The Bertz CT molecular complexity index is 882. The van der Waals surface area contributed by atoms with Gasteiger partial charge in [0.2, 0.25) is 10.0 Å². The van der Waals surface area contributed by atoms with Gasteiger partial charge in [0.05, 0.1) is 25.1 Å². The summed E-state index contributed by atoms with van der Waals surface area (Å²) in [6, 6.07) is 21.0. The monoisotopic (exact) mass is 461 g/mol. The molecule has 0 aromatic heterocycles. The molecule has 5 nitrogen and oxygen atoms in total. The van der Waals surface area contributed by atoms with Crippen LogP contribution in [-0.4, -0.2) is 47.8 Å². The summed E-state index contributed by atoms with van der Waals surface area (Å²) in [5.41, 5.74) is 0. The highest BCUT2D eigenvalue weighted by Crippen LogP contribution is 2.37. The third-order valence-electron chi connectivity index (χ3n) is 6.00. The standard InChI is InChI=1S/C24H35NO4SSi/c1-5-30(26,27)25-20-16-17-21(28-18-20)19-29-31(24(2,3)4,22-12-8-6-9-13-22)23-14-10-7-11-15-23/h6-15,20-21,25H,5,16-19H2,1-4H3/t20-,21+/m0/s1. The Morgan fingerprint density at radius 3 is 1.97 bits per heavy atom. The number of nitrogens with one attached hydrogen (secondary N) is 1. The molecule has 0 bridgehead atoms. The second-order valence-corrected chi connectivity index (χ2v) is 15.6. The highest BCUT2D eigenvalue weighted by atomic mass is 32.2. The van der Waals surface area contributed by atoms with Crippen LogP contribution in [0, 0.1) is 0 Å². The zero-order valence-corrected chi connectivity index (χ0v) is 20.8. The molecule has 0 radical (unpaired) electrons. The van der Waals surface area contributed by atoms with Crippen molar-refractivity contribution in [3.8, 4) is 0 Å². The largest absolute Gasteiger partial charge is 0.405 e. The Morgan fingerprint density at radius 2 is 1.55 bits per heavy atom. The first-order valence-electron chi connectivity index (χ1n) is 11.0. The molecule has 170 valence electrons. The lowest BCUT2D eigenvalue weighted by atomic mass is 10.1. The highest BCUT2D eigenvalue weighted by molar-refractivity contribution is 7.89. The summed E-state index contributed by atoms with van der Waals surface area (Å²) in [5, 5.41) is 2.42. The van der Waals surface area contributed by atoms with Crippen molar-refractivity contribution < 1.29 is 17.6 Å². The van der Waals surface area contributed by atoms with Crippen LogP contribution in [0.5, 0.6) is 0 Å². The van der Waals surface area contributed by atoms with Crippen molar-refractivity contribution in [1.29, 1.82) is 0 Å². The van der Waals surface area contributed by atoms with Crippen molar-refractivity contribution in [3.63, 3.8) is 0 Å². The SMILES string of the molecule is CCS(=O)(=O)N[C@H]1CC[C@H](CO[Si](c2ccccc2)(c2ccccc2)C(C)(C)C)OC1. The van der Waals surface area contributed by atoms with Gasteiger partial charge in [-0.1, -0.05) is 81.4 Å². The molecule has 1 fully saturated rings. The third kappa shape index (κ3) is 5.65. The van der Waals surface area contributed by atoms with Crippen molar-refractivity contribution in [3.05, 3.63) is 60.7 Å². The Hall–Kier alpha value is -1.51. The fourth-order valence-corrected chi connectivity index (χ4v) is 9.80. The van der Waals surface area contributed by atoms with Crippen molar-refractivity contribution in [2.75, 3.05) is 19.0 Å². The minimum atomic E-state index is -3.22. The smallest absolute Gasteiger partial charge is 0.261 e. The average Bonchev–Trinajstić information content (AvgIpc) is 2.76. The molecule has 1 saturated heterocycles. The summed E-state index contributed by atoms with van der Waals surface area (Å²) in [6.45, 7) is 9.31. The highest BCUT2D eigenvalue weighted by Gasteiger charge is 2.50. The Balaban J connectivity index is 1.80. The van der Waals surface area contributed by atoms with Gasteiger partial charge < -0.3 is 9.16 Å². The van der Waals surface area contributed by atoms with E-state index in [2.05, 4.69) is 74.0 Å². The predicted molar refractivity (Wildman–Crippen MR) is 129 cm³/mol. The van der Waals surface area contributed by atoms with Gasteiger partial charge in [0.25, 0.3) is 8.32 Å². The fraction of sp³-hybridized carbons (Fsp3) is 0.500. The first-order chi connectivity index (χ1) is 14.7. The molecular formula is C24H35NO4SSi. The Labute approximate surface area is 188 Å². The molecule has 1 aliphatic heterocycles. The van der Waals surface area contributed by atoms with Gasteiger partial charge in [0, 0.05) is 6.04 Å². The van der Waals surface area contributed by atoms with Crippen LogP contribution in [-0.2, 0) is 19.2 Å². The molecule has 2 aromatic carbocycles. The number of hydrogen-bond donors (Lipinski definition) is 1. The molecule has 0 amide bonds. The normalized spacial score (nSPS) is 20.5. The molecule has 1 aliphatic rings. The molecule has 2 aromatic rings. The van der Waals surface area contributed by atoms with Crippen LogP contribution >= 0.6 is 0 Å². The van der Waals surface area contributed by atoms with Gasteiger partial charge in [-0.2, -0.15) is 0 Å². The number of sulfonamides is 1. The van der Waals surface area contributed by atoms with Crippen LogP contribution in [0.1, 0.15) is 40.5 Å². The number of hydrogen-bond acceptors (Lipinski definition) is 4. The van der Waals surface area contributed by atoms with E-state index in [9.17, 15) is 8.42 Å². The summed E-state index contributed by atoms with van der Waals surface area (Å²) < 4.78 is 39.4. The molecule has 2 atom stereocenters. The summed E-state index contributed by atoms with van der Waals surface area (Å²) in [7, 11) is -5.80. The summed E-state index contributed by atoms with van der Waals surface area (Å²) in [6.07, 6.45) is 1.49.